The van der Waals surface area contributed by atoms with E-state index >= 15 is 0 Å². The summed E-state index contributed by atoms with van der Waals surface area (Å²) >= 11 is 1.58. The standard InChI is InChI=1S/C18H20N2O2S/c1-13-4-6-15(7-5-13)19-17(21)12-20(3)18(22)9-8-16-14(2)10-11-23-16/h4-11H,12H2,1-3H3,(H,19,21). The Morgan fingerprint density at radius 3 is 2.48 bits per heavy atom. The maximum atomic E-state index is 12.0. The van der Waals surface area contributed by atoms with Crippen molar-refractivity contribution in [1.29, 1.82) is 0 Å². The number of nitrogens with one attached hydrogen (secondary N) is 1. The lowest BCUT2D eigenvalue weighted by Crippen LogP contribution is -2.33. The van der Waals surface area contributed by atoms with Crippen LogP contribution in [0.5, 0.6) is 0 Å². The Labute approximate surface area is 140 Å². The Hall–Kier alpha value is -2.40. The van der Waals surface area contributed by atoms with Gasteiger partial charge in [0.2, 0.25) is 11.8 Å². The van der Waals surface area contributed by atoms with Crippen molar-refractivity contribution in [2.24, 2.45) is 0 Å². The topological polar surface area (TPSA) is 49.4 Å². The molecule has 2 rings (SSSR count). The third-order valence-corrected chi connectivity index (χ3v) is 4.36. The summed E-state index contributed by atoms with van der Waals surface area (Å²) in [6, 6.07) is 9.55. The van der Waals surface area contributed by atoms with E-state index in [0.29, 0.717) is 0 Å². The smallest absolute Gasteiger partial charge is 0.246 e. The molecule has 4 nitrogen and oxygen atoms in total. The molecule has 5 heteroatoms. The molecule has 0 aliphatic heterocycles. The van der Waals surface area contributed by atoms with Gasteiger partial charge in [-0.2, -0.15) is 0 Å². The number of anilines is 1. The number of thiophene rings is 1. The van der Waals surface area contributed by atoms with Gasteiger partial charge in [0, 0.05) is 23.7 Å². The molecule has 1 aromatic carbocycles. The molecule has 23 heavy (non-hydrogen) atoms. The van der Waals surface area contributed by atoms with E-state index in [4.69, 9.17) is 0 Å². The first-order valence-corrected chi connectivity index (χ1v) is 8.17. The Balaban J connectivity index is 1.87. The van der Waals surface area contributed by atoms with Crippen LogP contribution in [0, 0.1) is 13.8 Å². The highest BCUT2D eigenvalue weighted by Crippen LogP contribution is 2.17. The van der Waals surface area contributed by atoms with Gasteiger partial charge < -0.3 is 10.2 Å². The third-order valence-electron chi connectivity index (χ3n) is 3.37. The summed E-state index contributed by atoms with van der Waals surface area (Å²) in [6.45, 7) is 4.00. The number of hydrogen-bond acceptors (Lipinski definition) is 3. The molecule has 0 aliphatic rings. The molecular weight excluding hydrogens is 308 g/mol. The van der Waals surface area contributed by atoms with Crippen LogP contribution in [-0.2, 0) is 9.59 Å². The van der Waals surface area contributed by atoms with Gasteiger partial charge in [0.15, 0.2) is 0 Å². The minimum atomic E-state index is -0.217. The van der Waals surface area contributed by atoms with E-state index in [-0.39, 0.29) is 18.4 Å². The highest BCUT2D eigenvalue weighted by Gasteiger charge is 2.11. The number of amides is 2. The lowest BCUT2D eigenvalue weighted by atomic mass is 10.2. The summed E-state index contributed by atoms with van der Waals surface area (Å²) in [5, 5.41) is 4.76. The molecule has 120 valence electrons. The third kappa shape index (κ3) is 5.07. The van der Waals surface area contributed by atoms with Crippen molar-refractivity contribution < 1.29 is 9.59 Å². The molecule has 1 heterocycles. The highest BCUT2D eigenvalue weighted by molar-refractivity contribution is 7.11. The second-order valence-electron chi connectivity index (χ2n) is 5.41. The van der Waals surface area contributed by atoms with E-state index in [1.54, 1.807) is 24.5 Å². The van der Waals surface area contributed by atoms with Gasteiger partial charge in [-0.15, -0.1) is 11.3 Å². The monoisotopic (exact) mass is 328 g/mol. The number of carbonyl (C=O) groups is 2. The number of likely N-dealkylation sites (N-methyl/N-ethyl adjacent to an activating group) is 1. The van der Waals surface area contributed by atoms with Gasteiger partial charge in [-0.05, 0) is 49.1 Å². The summed E-state index contributed by atoms with van der Waals surface area (Å²) in [4.78, 5) is 26.5. The zero-order valence-corrected chi connectivity index (χ0v) is 14.3. The molecule has 0 unspecified atom stereocenters. The van der Waals surface area contributed by atoms with Crippen molar-refractivity contribution >= 4 is 34.9 Å². The van der Waals surface area contributed by atoms with Gasteiger partial charge in [0.1, 0.15) is 0 Å². The Morgan fingerprint density at radius 2 is 1.87 bits per heavy atom. The summed E-state index contributed by atoms with van der Waals surface area (Å²) in [6.07, 6.45) is 3.29. The molecular formula is C18H20N2O2S. The molecule has 1 N–H and O–H groups in total. The van der Waals surface area contributed by atoms with Gasteiger partial charge >= 0.3 is 0 Å². The fourth-order valence-electron chi connectivity index (χ4n) is 1.96. The van der Waals surface area contributed by atoms with Gasteiger partial charge in [-0.3, -0.25) is 9.59 Å². The molecule has 1 aromatic heterocycles. The molecule has 2 amide bonds. The van der Waals surface area contributed by atoms with Crippen LogP contribution in [0.3, 0.4) is 0 Å². The largest absolute Gasteiger partial charge is 0.333 e. The van der Waals surface area contributed by atoms with Crippen molar-refractivity contribution in [2.75, 3.05) is 18.9 Å². The first kappa shape index (κ1) is 17.0. The first-order valence-electron chi connectivity index (χ1n) is 7.29. The van der Waals surface area contributed by atoms with E-state index in [1.807, 2.05) is 49.6 Å². The minimum Gasteiger partial charge on any atom is -0.333 e. The molecule has 0 saturated carbocycles. The number of carbonyl (C=O) groups excluding carboxylic acids is 2. The maximum Gasteiger partial charge on any atom is 0.246 e. The van der Waals surface area contributed by atoms with Crippen molar-refractivity contribution in [3.63, 3.8) is 0 Å². The molecule has 0 bridgehead atoms. The molecule has 0 saturated heterocycles. The predicted octanol–water partition coefficient (Wildman–Crippen LogP) is 3.48. The Morgan fingerprint density at radius 1 is 1.17 bits per heavy atom. The maximum absolute atomic E-state index is 12.0. The minimum absolute atomic E-state index is 0.0144. The fourth-order valence-corrected chi connectivity index (χ4v) is 2.78. The molecule has 2 aromatic rings. The second kappa shape index (κ2) is 7.74. The fraction of sp³-hybridized carbons (Fsp3) is 0.222. The van der Waals surface area contributed by atoms with E-state index in [0.717, 1.165) is 21.7 Å². The van der Waals surface area contributed by atoms with E-state index in [9.17, 15) is 9.59 Å². The quantitative estimate of drug-likeness (QED) is 0.854. The average molecular weight is 328 g/mol. The zero-order valence-electron chi connectivity index (χ0n) is 13.5. The van der Waals surface area contributed by atoms with Crippen molar-refractivity contribution in [1.82, 2.24) is 4.90 Å². The molecule has 0 radical (unpaired) electrons. The van der Waals surface area contributed by atoms with E-state index in [1.165, 1.54) is 11.0 Å². The summed E-state index contributed by atoms with van der Waals surface area (Å²) in [5.41, 5.74) is 2.99. The van der Waals surface area contributed by atoms with Crippen LogP contribution in [0.2, 0.25) is 0 Å². The average Bonchev–Trinajstić information content (AvgIpc) is 2.92. The normalized spacial score (nSPS) is 10.7. The van der Waals surface area contributed by atoms with Crippen LogP contribution in [0.4, 0.5) is 5.69 Å². The first-order chi connectivity index (χ1) is 11.0. The number of hydrogen-bond donors (Lipinski definition) is 1. The van der Waals surface area contributed by atoms with E-state index < -0.39 is 0 Å². The van der Waals surface area contributed by atoms with E-state index in [2.05, 4.69) is 5.32 Å². The van der Waals surface area contributed by atoms with Crippen LogP contribution in [0.25, 0.3) is 6.08 Å². The van der Waals surface area contributed by atoms with Gasteiger partial charge in [0.25, 0.3) is 0 Å². The van der Waals surface area contributed by atoms with Gasteiger partial charge in [-0.25, -0.2) is 0 Å². The SMILES string of the molecule is Cc1ccc(NC(=O)CN(C)C(=O)C=Cc2sccc2C)cc1. The second-order valence-corrected chi connectivity index (χ2v) is 6.36. The highest BCUT2D eigenvalue weighted by atomic mass is 32.1. The summed E-state index contributed by atoms with van der Waals surface area (Å²) < 4.78 is 0. The Kier molecular flexibility index (Phi) is 5.71. The molecule has 0 fully saturated rings. The van der Waals surface area contributed by atoms with Gasteiger partial charge in [0.05, 0.1) is 6.54 Å². The van der Waals surface area contributed by atoms with Crippen LogP contribution in [0.1, 0.15) is 16.0 Å². The van der Waals surface area contributed by atoms with Crippen LogP contribution in [0.15, 0.2) is 41.8 Å². The number of nitrogens with zero attached hydrogens (tertiary/aromatic N) is 1. The Bertz CT molecular complexity index is 717. The van der Waals surface area contributed by atoms with Crippen LogP contribution >= 0.6 is 11.3 Å². The van der Waals surface area contributed by atoms with Crippen molar-refractivity contribution in [3.8, 4) is 0 Å². The molecule has 0 atom stereocenters. The van der Waals surface area contributed by atoms with Crippen molar-refractivity contribution in [3.05, 3.63) is 57.8 Å². The lowest BCUT2D eigenvalue weighted by molar-refractivity contribution is -0.129. The molecule has 0 spiro atoms. The van der Waals surface area contributed by atoms with Crippen LogP contribution < -0.4 is 5.32 Å². The number of rotatable bonds is 5. The summed E-state index contributed by atoms with van der Waals surface area (Å²) in [7, 11) is 1.61. The molecule has 0 aliphatic carbocycles. The zero-order chi connectivity index (χ0) is 16.8. The van der Waals surface area contributed by atoms with Gasteiger partial charge in [-0.1, -0.05) is 17.7 Å². The van der Waals surface area contributed by atoms with Crippen molar-refractivity contribution in [2.45, 2.75) is 13.8 Å². The lowest BCUT2D eigenvalue weighted by Gasteiger charge is -2.14. The number of benzene rings is 1. The van der Waals surface area contributed by atoms with Crippen LogP contribution in [-0.4, -0.2) is 30.3 Å². The number of aryl methyl sites for hydroxylation is 2. The predicted molar refractivity (Wildman–Crippen MR) is 95.5 cm³/mol. The summed E-state index contributed by atoms with van der Waals surface area (Å²) in [5.74, 6) is -0.415.